The maximum Gasteiger partial charge on any atom is 0.139 e. The summed E-state index contributed by atoms with van der Waals surface area (Å²) in [5, 5.41) is 4.19. The van der Waals surface area contributed by atoms with Gasteiger partial charge in [-0.05, 0) is 11.5 Å². The standard InChI is InChI=1S/C10H18N2O2/c1-9(2)10-6-11-12(7-10)8-14-5-4-13-3/h6-7,9H,4-5,8H2,1-3H3. The maximum atomic E-state index is 5.33. The van der Waals surface area contributed by atoms with Crippen LogP contribution in [-0.2, 0) is 16.2 Å². The van der Waals surface area contributed by atoms with E-state index in [0.29, 0.717) is 25.9 Å². The molecule has 1 aromatic rings. The predicted octanol–water partition coefficient (Wildman–Crippen LogP) is 1.63. The third kappa shape index (κ3) is 3.47. The van der Waals surface area contributed by atoms with E-state index in [0.717, 1.165) is 0 Å². The molecule has 4 heteroatoms. The first kappa shape index (κ1) is 11.2. The summed E-state index contributed by atoms with van der Waals surface area (Å²) < 4.78 is 12.0. The van der Waals surface area contributed by atoms with E-state index in [1.807, 2.05) is 12.4 Å². The van der Waals surface area contributed by atoms with Crippen molar-refractivity contribution in [2.45, 2.75) is 26.5 Å². The molecule has 1 rings (SSSR count). The molecule has 0 unspecified atom stereocenters. The van der Waals surface area contributed by atoms with Crippen LogP contribution in [-0.4, -0.2) is 30.1 Å². The average molecular weight is 198 g/mol. The van der Waals surface area contributed by atoms with E-state index in [2.05, 4.69) is 18.9 Å². The normalized spacial score (nSPS) is 11.1. The molecule has 0 aliphatic carbocycles. The Kier molecular flexibility index (Phi) is 4.62. The van der Waals surface area contributed by atoms with E-state index >= 15 is 0 Å². The van der Waals surface area contributed by atoms with Crippen molar-refractivity contribution in [3.63, 3.8) is 0 Å². The molecule has 1 heterocycles. The molecule has 0 saturated heterocycles. The molecule has 0 fully saturated rings. The van der Waals surface area contributed by atoms with Gasteiger partial charge in [0.25, 0.3) is 0 Å². The lowest BCUT2D eigenvalue weighted by molar-refractivity contribution is 0.0288. The van der Waals surface area contributed by atoms with E-state index < -0.39 is 0 Å². The van der Waals surface area contributed by atoms with E-state index in [9.17, 15) is 0 Å². The van der Waals surface area contributed by atoms with Crippen molar-refractivity contribution < 1.29 is 9.47 Å². The molecule has 0 bridgehead atoms. The van der Waals surface area contributed by atoms with Gasteiger partial charge in [0.05, 0.1) is 19.4 Å². The smallest absolute Gasteiger partial charge is 0.139 e. The van der Waals surface area contributed by atoms with Crippen LogP contribution < -0.4 is 0 Å². The van der Waals surface area contributed by atoms with Gasteiger partial charge in [0, 0.05) is 13.3 Å². The molecule has 0 atom stereocenters. The van der Waals surface area contributed by atoms with Gasteiger partial charge in [-0.1, -0.05) is 13.8 Å². The van der Waals surface area contributed by atoms with E-state index in [1.54, 1.807) is 11.8 Å². The van der Waals surface area contributed by atoms with Crippen LogP contribution in [0.15, 0.2) is 12.4 Å². The van der Waals surface area contributed by atoms with E-state index in [4.69, 9.17) is 9.47 Å². The Morgan fingerprint density at radius 2 is 2.21 bits per heavy atom. The summed E-state index contributed by atoms with van der Waals surface area (Å²) in [5.74, 6) is 0.516. The molecule has 0 radical (unpaired) electrons. The van der Waals surface area contributed by atoms with Crippen LogP contribution >= 0.6 is 0 Å². The average Bonchev–Trinajstić information content (AvgIpc) is 2.61. The summed E-state index contributed by atoms with van der Waals surface area (Å²) in [6.45, 7) is 6.02. The maximum absolute atomic E-state index is 5.33. The molecule has 0 saturated carbocycles. The number of methoxy groups -OCH3 is 1. The van der Waals surface area contributed by atoms with Crippen molar-refractivity contribution in [3.05, 3.63) is 18.0 Å². The first-order valence-corrected chi connectivity index (χ1v) is 4.83. The quantitative estimate of drug-likeness (QED) is 0.652. The minimum Gasteiger partial charge on any atom is -0.382 e. The van der Waals surface area contributed by atoms with Crippen molar-refractivity contribution in [2.75, 3.05) is 20.3 Å². The fourth-order valence-electron chi connectivity index (χ4n) is 1.05. The molecule has 0 aliphatic heterocycles. The Morgan fingerprint density at radius 1 is 1.43 bits per heavy atom. The molecular formula is C10H18N2O2. The van der Waals surface area contributed by atoms with Gasteiger partial charge in [0.15, 0.2) is 0 Å². The van der Waals surface area contributed by atoms with Gasteiger partial charge < -0.3 is 9.47 Å². The molecule has 1 aromatic heterocycles. The predicted molar refractivity (Wildman–Crippen MR) is 54.1 cm³/mol. The highest BCUT2D eigenvalue weighted by molar-refractivity contribution is 5.08. The van der Waals surface area contributed by atoms with Gasteiger partial charge in [-0.25, -0.2) is 4.68 Å². The van der Waals surface area contributed by atoms with Crippen LogP contribution in [0.3, 0.4) is 0 Å². The number of aromatic nitrogens is 2. The van der Waals surface area contributed by atoms with E-state index in [1.165, 1.54) is 5.56 Å². The molecule has 0 amide bonds. The van der Waals surface area contributed by atoms with Crippen LogP contribution in [0.2, 0.25) is 0 Å². The highest BCUT2D eigenvalue weighted by atomic mass is 16.5. The summed E-state index contributed by atoms with van der Waals surface area (Å²) in [6.07, 6.45) is 3.89. The zero-order valence-electron chi connectivity index (χ0n) is 9.06. The third-order valence-corrected chi connectivity index (χ3v) is 1.98. The van der Waals surface area contributed by atoms with Gasteiger partial charge in [-0.15, -0.1) is 0 Å². The molecule has 80 valence electrons. The zero-order chi connectivity index (χ0) is 10.4. The highest BCUT2D eigenvalue weighted by Crippen LogP contribution is 2.11. The summed E-state index contributed by atoms with van der Waals surface area (Å²) in [7, 11) is 1.66. The monoisotopic (exact) mass is 198 g/mol. The summed E-state index contributed by atoms with van der Waals surface area (Å²) >= 11 is 0. The Labute approximate surface area is 84.8 Å². The summed E-state index contributed by atoms with van der Waals surface area (Å²) in [4.78, 5) is 0. The lowest BCUT2D eigenvalue weighted by Gasteiger charge is -2.03. The first-order chi connectivity index (χ1) is 6.74. The highest BCUT2D eigenvalue weighted by Gasteiger charge is 2.01. The molecular weight excluding hydrogens is 180 g/mol. The van der Waals surface area contributed by atoms with Crippen LogP contribution in [0.4, 0.5) is 0 Å². The minimum atomic E-state index is 0.496. The Bertz CT molecular complexity index is 258. The SMILES string of the molecule is COCCOCn1cc(C(C)C)cn1. The van der Waals surface area contributed by atoms with E-state index in [-0.39, 0.29) is 0 Å². The lowest BCUT2D eigenvalue weighted by atomic mass is 10.1. The molecule has 0 spiro atoms. The first-order valence-electron chi connectivity index (χ1n) is 4.83. The van der Waals surface area contributed by atoms with Crippen molar-refractivity contribution >= 4 is 0 Å². The Hall–Kier alpha value is -0.870. The van der Waals surface area contributed by atoms with Crippen molar-refractivity contribution in [1.82, 2.24) is 9.78 Å². The molecule has 0 N–H and O–H groups in total. The van der Waals surface area contributed by atoms with Gasteiger partial charge in [0.1, 0.15) is 6.73 Å². The number of nitrogens with zero attached hydrogens (tertiary/aromatic N) is 2. The lowest BCUT2D eigenvalue weighted by Crippen LogP contribution is -2.07. The van der Waals surface area contributed by atoms with Crippen molar-refractivity contribution in [2.24, 2.45) is 0 Å². The van der Waals surface area contributed by atoms with Gasteiger partial charge in [-0.3, -0.25) is 0 Å². The van der Waals surface area contributed by atoms with Crippen LogP contribution in [0.25, 0.3) is 0 Å². The fourth-order valence-corrected chi connectivity index (χ4v) is 1.05. The molecule has 0 aliphatic rings. The van der Waals surface area contributed by atoms with Crippen molar-refractivity contribution in [3.8, 4) is 0 Å². The zero-order valence-corrected chi connectivity index (χ0v) is 9.06. The number of hydrogen-bond acceptors (Lipinski definition) is 3. The summed E-state index contributed by atoms with van der Waals surface area (Å²) in [5.41, 5.74) is 1.24. The van der Waals surface area contributed by atoms with Crippen LogP contribution in [0.5, 0.6) is 0 Å². The Balaban J connectivity index is 2.29. The van der Waals surface area contributed by atoms with Crippen LogP contribution in [0, 0.1) is 0 Å². The van der Waals surface area contributed by atoms with Gasteiger partial charge in [-0.2, -0.15) is 5.10 Å². The Morgan fingerprint density at radius 3 is 2.79 bits per heavy atom. The third-order valence-electron chi connectivity index (χ3n) is 1.98. The fraction of sp³-hybridized carbons (Fsp3) is 0.700. The largest absolute Gasteiger partial charge is 0.382 e. The number of ether oxygens (including phenoxy) is 2. The second-order valence-electron chi connectivity index (χ2n) is 3.50. The molecule has 14 heavy (non-hydrogen) atoms. The minimum absolute atomic E-state index is 0.496. The summed E-state index contributed by atoms with van der Waals surface area (Å²) in [6, 6.07) is 0. The number of rotatable bonds is 6. The second-order valence-corrected chi connectivity index (χ2v) is 3.50. The molecule has 4 nitrogen and oxygen atoms in total. The van der Waals surface area contributed by atoms with Gasteiger partial charge in [0.2, 0.25) is 0 Å². The second kappa shape index (κ2) is 5.78. The van der Waals surface area contributed by atoms with Gasteiger partial charge >= 0.3 is 0 Å². The van der Waals surface area contributed by atoms with Crippen LogP contribution in [0.1, 0.15) is 25.3 Å². The molecule has 0 aromatic carbocycles. The van der Waals surface area contributed by atoms with Crippen molar-refractivity contribution in [1.29, 1.82) is 0 Å². The number of hydrogen-bond donors (Lipinski definition) is 0. The topological polar surface area (TPSA) is 36.3 Å².